The molecule has 1 unspecified atom stereocenters. The van der Waals surface area contributed by atoms with E-state index in [2.05, 4.69) is 5.32 Å². The van der Waals surface area contributed by atoms with E-state index < -0.39 is 17.4 Å². The van der Waals surface area contributed by atoms with Gasteiger partial charge in [0.1, 0.15) is 11.9 Å². The van der Waals surface area contributed by atoms with Crippen LogP contribution in [0.4, 0.5) is 8.78 Å². The second-order valence-corrected chi connectivity index (χ2v) is 5.09. The lowest BCUT2D eigenvalue weighted by Gasteiger charge is -2.12. The predicted molar refractivity (Wildman–Crippen MR) is 74.3 cm³/mol. The molecule has 0 saturated heterocycles. The third-order valence-electron chi connectivity index (χ3n) is 3.49. The molecule has 0 saturated carbocycles. The molecule has 2 N–H and O–H groups in total. The lowest BCUT2D eigenvalue weighted by Crippen LogP contribution is -2.29. The summed E-state index contributed by atoms with van der Waals surface area (Å²) in [7, 11) is 0. The highest BCUT2D eigenvalue weighted by Gasteiger charge is 2.21. The van der Waals surface area contributed by atoms with Crippen molar-refractivity contribution in [2.45, 2.75) is 19.1 Å². The number of para-hydroxylation sites is 1. The standard InChI is InChI=1S/C16H15F2NO2/c17-13-5-10(6-14(18)16(13)20)8-19-9-12-7-11-3-1-2-4-15(11)21-12/h1-6,12,19-20H,7-9H2. The average molecular weight is 291 g/mol. The maximum atomic E-state index is 13.2. The fourth-order valence-corrected chi connectivity index (χ4v) is 2.47. The largest absolute Gasteiger partial charge is 0.503 e. The minimum Gasteiger partial charge on any atom is -0.503 e. The molecule has 3 nitrogen and oxygen atoms in total. The fraction of sp³-hybridized carbons (Fsp3) is 0.250. The Hall–Kier alpha value is -2.14. The Morgan fingerprint density at radius 2 is 1.90 bits per heavy atom. The first-order chi connectivity index (χ1) is 10.1. The van der Waals surface area contributed by atoms with Crippen LogP contribution in [0.3, 0.4) is 0 Å². The van der Waals surface area contributed by atoms with Crippen LogP contribution in [0.25, 0.3) is 0 Å². The molecule has 1 heterocycles. The van der Waals surface area contributed by atoms with Crippen LogP contribution in [0, 0.1) is 11.6 Å². The zero-order valence-electron chi connectivity index (χ0n) is 11.3. The van der Waals surface area contributed by atoms with Gasteiger partial charge in [0.15, 0.2) is 17.4 Å². The topological polar surface area (TPSA) is 41.5 Å². The summed E-state index contributed by atoms with van der Waals surface area (Å²) in [4.78, 5) is 0. The summed E-state index contributed by atoms with van der Waals surface area (Å²) in [5, 5.41) is 12.2. The molecule has 0 aliphatic carbocycles. The number of aromatic hydroxyl groups is 1. The van der Waals surface area contributed by atoms with Gasteiger partial charge in [0.05, 0.1) is 0 Å². The third-order valence-corrected chi connectivity index (χ3v) is 3.49. The van der Waals surface area contributed by atoms with E-state index in [1.165, 1.54) is 5.56 Å². The number of benzene rings is 2. The first kappa shape index (κ1) is 13.8. The average Bonchev–Trinajstić information content (AvgIpc) is 2.87. The van der Waals surface area contributed by atoms with Crippen molar-refractivity contribution in [3.05, 3.63) is 59.2 Å². The number of hydrogen-bond donors (Lipinski definition) is 2. The SMILES string of the molecule is Oc1c(F)cc(CNCC2Cc3ccccc3O2)cc1F. The van der Waals surface area contributed by atoms with E-state index in [0.29, 0.717) is 18.7 Å². The van der Waals surface area contributed by atoms with Gasteiger partial charge in [-0.25, -0.2) is 8.78 Å². The molecule has 3 rings (SSSR count). The van der Waals surface area contributed by atoms with Crippen LogP contribution >= 0.6 is 0 Å². The van der Waals surface area contributed by atoms with E-state index in [1.54, 1.807) is 0 Å². The number of phenols is 1. The van der Waals surface area contributed by atoms with Crippen LogP contribution in [0.5, 0.6) is 11.5 Å². The molecule has 1 atom stereocenters. The van der Waals surface area contributed by atoms with Crippen molar-refractivity contribution in [2.24, 2.45) is 0 Å². The molecular weight excluding hydrogens is 276 g/mol. The van der Waals surface area contributed by atoms with E-state index in [9.17, 15) is 8.78 Å². The molecule has 2 aromatic rings. The Morgan fingerprint density at radius 3 is 2.62 bits per heavy atom. The maximum absolute atomic E-state index is 13.2. The van der Waals surface area contributed by atoms with Crippen molar-refractivity contribution in [3.63, 3.8) is 0 Å². The van der Waals surface area contributed by atoms with Crippen molar-refractivity contribution in [2.75, 3.05) is 6.54 Å². The molecule has 2 aromatic carbocycles. The number of nitrogens with one attached hydrogen (secondary N) is 1. The highest BCUT2D eigenvalue weighted by atomic mass is 19.1. The Morgan fingerprint density at radius 1 is 1.19 bits per heavy atom. The fourth-order valence-electron chi connectivity index (χ4n) is 2.47. The van der Waals surface area contributed by atoms with Crippen LogP contribution < -0.4 is 10.1 Å². The molecule has 5 heteroatoms. The lowest BCUT2D eigenvalue weighted by atomic mass is 10.1. The number of ether oxygens (including phenoxy) is 1. The maximum Gasteiger partial charge on any atom is 0.187 e. The quantitative estimate of drug-likeness (QED) is 0.910. The minimum atomic E-state index is -0.948. The van der Waals surface area contributed by atoms with Crippen molar-refractivity contribution >= 4 is 0 Å². The smallest absolute Gasteiger partial charge is 0.187 e. The van der Waals surface area contributed by atoms with E-state index >= 15 is 0 Å². The van der Waals surface area contributed by atoms with Crippen LogP contribution in [-0.2, 0) is 13.0 Å². The number of hydrogen-bond acceptors (Lipinski definition) is 3. The summed E-state index contributed by atoms with van der Waals surface area (Å²) in [5.74, 6) is -1.94. The molecule has 0 amide bonds. The van der Waals surface area contributed by atoms with Gasteiger partial charge in [-0.3, -0.25) is 0 Å². The highest BCUT2D eigenvalue weighted by molar-refractivity contribution is 5.37. The van der Waals surface area contributed by atoms with Crippen molar-refractivity contribution in [3.8, 4) is 11.5 Å². The van der Waals surface area contributed by atoms with Crippen LogP contribution in [0.2, 0.25) is 0 Å². The molecule has 0 bridgehead atoms. The molecule has 21 heavy (non-hydrogen) atoms. The first-order valence-corrected chi connectivity index (χ1v) is 6.75. The highest BCUT2D eigenvalue weighted by Crippen LogP contribution is 2.27. The molecule has 1 aliphatic heterocycles. The van der Waals surface area contributed by atoms with Gasteiger partial charge < -0.3 is 15.2 Å². The summed E-state index contributed by atoms with van der Waals surface area (Å²) in [5.41, 5.74) is 1.62. The van der Waals surface area contributed by atoms with Gasteiger partial charge in [-0.05, 0) is 29.3 Å². The molecule has 110 valence electrons. The van der Waals surface area contributed by atoms with E-state index in [1.807, 2.05) is 24.3 Å². The molecular formula is C16H15F2NO2. The van der Waals surface area contributed by atoms with Gasteiger partial charge in [0.2, 0.25) is 0 Å². The monoisotopic (exact) mass is 291 g/mol. The molecule has 1 aliphatic rings. The van der Waals surface area contributed by atoms with E-state index in [4.69, 9.17) is 9.84 Å². The second-order valence-electron chi connectivity index (χ2n) is 5.09. The summed E-state index contributed by atoms with van der Waals surface area (Å²) < 4.78 is 32.2. The molecule has 0 radical (unpaired) electrons. The Labute approximate surface area is 121 Å². The molecule has 0 aromatic heterocycles. The third kappa shape index (κ3) is 2.97. The van der Waals surface area contributed by atoms with Crippen LogP contribution in [-0.4, -0.2) is 17.8 Å². The van der Waals surface area contributed by atoms with Crippen molar-refractivity contribution < 1.29 is 18.6 Å². The summed E-state index contributed by atoms with van der Waals surface area (Å²) in [6.07, 6.45) is 0.843. The number of halogens is 2. The molecule has 0 spiro atoms. The van der Waals surface area contributed by atoms with Gasteiger partial charge >= 0.3 is 0 Å². The van der Waals surface area contributed by atoms with Gasteiger partial charge in [0.25, 0.3) is 0 Å². The van der Waals surface area contributed by atoms with Crippen molar-refractivity contribution in [1.82, 2.24) is 5.32 Å². The van der Waals surface area contributed by atoms with Crippen LogP contribution in [0.15, 0.2) is 36.4 Å². The zero-order chi connectivity index (χ0) is 14.8. The number of rotatable bonds is 4. The van der Waals surface area contributed by atoms with Gasteiger partial charge in [-0.2, -0.15) is 0 Å². The normalized spacial score (nSPS) is 16.6. The predicted octanol–water partition coefficient (Wildman–Crippen LogP) is 2.76. The molecule has 0 fully saturated rings. The summed E-state index contributed by atoms with van der Waals surface area (Å²) >= 11 is 0. The number of phenolic OH excluding ortho intramolecular Hbond substituents is 1. The van der Waals surface area contributed by atoms with E-state index in [-0.39, 0.29) is 6.10 Å². The van der Waals surface area contributed by atoms with Crippen LogP contribution in [0.1, 0.15) is 11.1 Å². The van der Waals surface area contributed by atoms with Gasteiger partial charge in [-0.1, -0.05) is 18.2 Å². The van der Waals surface area contributed by atoms with E-state index in [0.717, 1.165) is 24.3 Å². The van der Waals surface area contributed by atoms with Gasteiger partial charge in [0, 0.05) is 19.5 Å². The second kappa shape index (κ2) is 5.69. The first-order valence-electron chi connectivity index (χ1n) is 6.75. The summed E-state index contributed by atoms with van der Waals surface area (Å²) in [6.45, 7) is 0.892. The minimum absolute atomic E-state index is 0.0224. The summed E-state index contributed by atoms with van der Waals surface area (Å²) in [6, 6.07) is 10.1. The Kier molecular flexibility index (Phi) is 3.75. The van der Waals surface area contributed by atoms with Crippen molar-refractivity contribution in [1.29, 1.82) is 0 Å². The van der Waals surface area contributed by atoms with Gasteiger partial charge in [-0.15, -0.1) is 0 Å². The Balaban J connectivity index is 1.54. The number of fused-ring (bicyclic) bond motifs is 1. The lowest BCUT2D eigenvalue weighted by molar-refractivity contribution is 0.227. The zero-order valence-corrected chi connectivity index (χ0v) is 11.3. The Bertz CT molecular complexity index is 612.